The van der Waals surface area contributed by atoms with E-state index in [0.29, 0.717) is 6.04 Å². The highest BCUT2D eigenvalue weighted by Gasteiger charge is 2.25. The SMILES string of the molecule is Nc1ccccc1N1CCN(CC[C@H]2CC[C@H](NC(=O)C3=CCCC3)CC2)CC1. The fraction of sp³-hybridized carbons (Fsp3) is 0.625. The molecule has 0 bridgehead atoms. The lowest BCUT2D eigenvalue weighted by atomic mass is 9.84. The summed E-state index contributed by atoms with van der Waals surface area (Å²) in [5, 5.41) is 3.28. The summed E-state index contributed by atoms with van der Waals surface area (Å²) < 4.78 is 0. The number of hydrogen-bond donors (Lipinski definition) is 2. The number of nitrogens with one attached hydrogen (secondary N) is 1. The van der Waals surface area contributed by atoms with Gasteiger partial charge in [-0.1, -0.05) is 18.2 Å². The Morgan fingerprint density at radius 2 is 1.83 bits per heavy atom. The number of nitrogens with two attached hydrogens (primary N) is 1. The molecule has 29 heavy (non-hydrogen) atoms. The first kappa shape index (κ1) is 20.3. The van der Waals surface area contributed by atoms with Gasteiger partial charge in [-0.15, -0.1) is 0 Å². The second kappa shape index (κ2) is 9.66. The molecule has 5 nitrogen and oxygen atoms in total. The smallest absolute Gasteiger partial charge is 0.247 e. The van der Waals surface area contributed by atoms with Gasteiger partial charge in [-0.05, 0) is 76.0 Å². The first-order valence-corrected chi connectivity index (χ1v) is 11.5. The molecule has 2 fully saturated rings. The molecule has 0 atom stereocenters. The van der Waals surface area contributed by atoms with Crippen molar-refractivity contribution in [2.45, 2.75) is 57.4 Å². The Morgan fingerprint density at radius 1 is 1.07 bits per heavy atom. The summed E-state index contributed by atoms with van der Waals surface area (Å²) in [5.41, 5.74) is 9.22. The van der Waals surface area contributed by atoms with E-state index in [-0.39, 0.29) is 5.91 Å². The van der Waals surface area contributed by atoms with Crippen LogP contribution in [0.1, 0.15) is 51.4 Å². The molecular formula is C24H36N4O. The summed E-state index contributed by atoms with van der Waals surface area (Å²) in [6.45, 7) is 5.56. The third kappa shape index (κ3) is 5.33. The highest BCUT2D eigenvalue weighted by molar-refractivity contribution is 5.93. The highest BCUT2D eigenvalue weighted by atomic mass is 16.1. The number of para-hydroxylation sites is 2. The van der Waals surface area contributed by atoms with Crippen LogP contribution in [0, 0.1) is 5.92 Å². The Balaban J connectivity index is 1.13. The number of anilines is 2. The topological polar surface area (TPSA) is 61.6 Å². The third-order valence-corrected chi connectivity index (χ3v) is 7.02. The van der Waals surface area contributed by atoms with E-state index in [1.165, 1.54) is 31.5 Å². The molecule has 4 rings (SSSR count). The lowest BCUT2D eigenvalue weighted by Crippen LogP contribution is -2.47. The van der Waals surface area contributed by atoms with E-state index in [1.54, 1.807) is 0 Å². The van der Waals surface area contributed by atoms with Crippen molar-refractivity contribution in [3.63, 3.8) is 0 Å². The van der Waals surface area contributed by atoms with Gasteiger partial charge < -0.3 is 16.0 Å². The van der Waals surface area contributed by atoms with Crippen molar-refractivity contribution in [1.82, 2.24) is 10.2 Å². The van der Waals surface area contributed by atoms with Crippen molar-refractivity contribution in [1.29, 1.82) is 0 Å². The summed E-state index contributed by atoms with van der Waals surface area (Å²) in [4.78, 5) is 17.3. The van der Waals surface area contributed by atoms with Crippen LogP contribution in [-0.2, 0) is 4.79 Å². The van der Waals surface area contributed by atoms with Crippen LogP contribution in [0.25, 0.3) is 0 Å². The number of carbonyl (C=O) groups excluding carboxylic acids is 1. The van der Waals surface area contributed by atoms with Gasteiger partial charge in [0.05, 0.1) is 11.4 Å². The van der Waals surface area contributed by atoms with Crippen LogP contribution in [0.5, 0.6) is 0 Å². The Kier molecular flexibility index (Phi) is 6.75. The number of hydrogen-bond acceptors (Lipinski definition) is 4. The maximum Gasteiger partial charge on any atom is 0.247 e. The van der Waals surface area contributed by atoms with E-state index in [4.69, 9.17) is 5.73 Å². The van der Waals surface area contributed by atoms with Crippen LogP contribution in [-0.4, -0.2) is 49.6 Å². The minimum Gasteiger partial charge on any atom is -0.397 e. The number of nitrogens with zero attached hydrogens (tertiary/aromatic N) is 2. The largest absolute Gasteiger partial charge is 0.397 e. The zero-order valence-electron chi connectivity index (χ0n) is 17.6. The average molecular weight is 397 g/mol. The molecule has 158 valence electrons. The second-order valence-electron chi connectivity index (χ2n) is 8.99. The fourth-order valence-corrected chi connectivity index (χ4v) is 5.10. The standard InChI is InChI=1S/C24H36N4O/c25-22-7-3-4-8-23(22)28-17-15-27(16-18-28)14-13-19-9-11-21(12-10-19)26-24(29)20-5-1-2-6-20/h3-5,7-8,19,21H,1-2,6,9-18,25H2,(H,26,29)/t19-,21-. The molecule has 1 saturated carbocycles. The minimum atomic E-state index is 0.197. The summed E-state index contributed by atoms with van der Waals surface area (Å²) in [5.74, 6) is 1.01. The zero-order valence-corrected chi connectivity index (χ0v) is 17.6. The van der Waals surface area contributed by atoms with Crippen LogP contribution in [0.4, 0.5) is 11.4 Å². The van der Waals surface area contributed by atoms with E-state index < -0.39 is 0 Å². The van der Waals surface area contributed by atoms with Gasteiger partial charge in [0.1, 0.15) is 0 Å². The normalized spacial score (nSPS) is 25.7. The van der Waals surface area contributed by atoms with Crippen LogP contribution in [0.2, 0.25) is 0 Å². The minimum absolute atomic E-state index is 0.197. The van der Waals surface area contributed by atoms with Gasteiger partial charge in [0.15, 0.2) is 0 Å². The monoisotopic (exact) mass is 396 g/mol. The molecule has 0 aromatic heterocycles. The van der Waals surface area contributed by atoms with Gasteiger partial charge in [0.25, 0.3) is 0 Å². The maximum atomic E-state index is 12.3. The number of benzene rings is 1. The van der Waals surface area contributed by atoms with Gasteiger partial charge in [-0.3, -0.25) is 9.69 Å². The molecule has 0 spiro atoms. The summed E-state index contributed by atoms with van der Waals surface area (Å²) >= 11 is 0. The average Bonchev–Trinajstić information content (AvgIpc) is 3.29. The van der Waals surface area contributed by atoms with Crippen molar-refractivity contribution in [3.05, 3.63) is 35.9 Å². The van der Waals surface area contributed by atoms with Crippen molar-refractivity contribution in [2.24, 2.45) is 5.92 Å². The number of allylic oxidation sites excluding steroid dienone is 1. The molecule has 0 unspecified atom stereocenters. The summed E-state index contributed by atoms with van der Waals surface area (Å²) in [7, 11) is 0. The summed E-state index contributed by atoms with van der Waals surface area (Å²) in [6, 6.07) is 8.58. The van der Waals surface area contributed by atoms with Gasteiger partial charge in [-0.2, -0.15) is 0 Å². The van der Waals surface area contributed by atoms with Crippen LogP contribution >= 0.6 is 0 Å². The van der Waals surface area contributed by atoms with Gasteiger partial charge >= 0.3 is 0 Å². The quantitative estimate of drug-likeness (QED) is 0.722. The number of nitrogen functional groups attached to an aromatic ring is 1. The van der Waals surface area contributed by atoms with E-state index in [2.05, 4.69) is 33.3 Å². The maximum absolute atomic E-state index is 12.3. The second-order valence-corrected chi connectivity index (χ2v) is 8.99. The van der Waals surface area contributed by atoms with Gasteiger partial charge in [0.2, 0.25) is 5.91 Å². The first-order chi connectivity index (χ1) is 14.2. The lowest BCUT2D eigenvalue weighted by Gasteiger charge is -2.37. The summed E-state index contributed by atoms with van der Waals surface area (Å²) in [6.07, 6.45) is 11.4. The predicted molar refractivity (Wildman–Crippen MR) is 120 cm³/mol. The van der Waals surface area contributed by atoms with Gasteiger partial charge in [0, 0.05) is 37.8 Å². The molecule has 1 heterocycles. The highest BCUT2D eigenvalue weighted by Crippen LogP contribution is 2.28. The van der Waals surface area contributed by atoms with Crippen molar-refractivity contribution < 1.29 is 4.79 Å². The number of rotatable bonds is 6. The number of amides is 1. The van der Waals surface area contributed by atoms with Crippen molar-refractivity contribution >= 4 is 17.3 Å². The van der Waals surface area contributed by atoms with Crippen molar-refractivity contribution in [2.75, 3.05) is 43.4 Å². The van der Waals surface area contributed by atoms with Crippen LogP contribution in [0.3, 0.4) is 0 Å². The molecule has 1 aliphatic heterocycles. The van der Waals surface area contributed by atoms with E-state index in [0.717, 1.165) is 75.5 Å². The van der Waals surface area contributed by atoms with Crippen LogP contribution in [0.15, 0.2) is 35.9 Å². The van der Waals surface area contributed by atoms with E-state index >= 15 is 0 Å². The lowest BCUT2D eigenvalue weighted by molar-refractivity contribution is -0.118. The zero-order chi connectivity index (χ0) is 20.1. The van der Waals surface area contributed by atoms with Crippen LogP contribution < -0.4 is 16.0 Å². The van der Waals surface area contributed by atoms with E-state index in [1.807, 2.05) is 12.1 Å². The Morgan fingerprint density at radius 3 is 2.52 bits per heavy atom. The predicted octanol–water partition coefficient (Wildman–Crippen LogP) is 3.57. The Labute approximate surface area is 175 Å². The molecule has 2 aliphatic carbocycles. The molecule has 3 N–H and O–H groups in total. The molecule has 1 saturated heterocycles. The van der Waals surface area contributed by atoms with E-state index in [9.17, 15) is 4.79 Å². The Bertz CT molecular complexity index is 715. The molecular weight excluding hydrogens is 360 g/mol. The Hall–Kier alpha value is -2.01. The molecule has 1 aromatic carbocycles. The number of carbonyl (C=O) groups is 1. The van der Waals surface area contributed by atoms with Gasteiger partial charge in [-0.25, -0.2) is 0 Å². The first-order valence-electron chi connectivity index (χ1n) is 11.5. The molecule has 1 aromatic rings. The fourth-order valence-electron chi connectivity index (χ4n) is 5.10. The molecule has 0 radical (unpaired) electrons. The van der Waals surface area contributed by atoms with Crippen molar-refractivity contribution in [3.8, 4) is 0 Å². The third-order valence-electron chi connectivity index (χ3n) is 7.02. The number of piperazine rings is 1. The molecule has 5 heteroatoms. The molecule has 3 aliphatic rings. The molecule has 1 amide bonds.